The van der Waals surface area contributed by atoms with Crippen LogP contribution in [-0.4, -0.2) is 75.8 Å². The maximum absolute atomic E-state index is 13.1. The van der Waals surface area contributed by atoms with Gasteiger partial charge in [-0.25, -0.2) is 4.39 Å². The minimum atomic E-state index is -0.294. The fourth-order valence-corrected chi connectivity index (χ4v) is 2.90. The predicted octanol–water partition coefficient (Wildman–Crippen LogP) is 2.07. The molecule has 0 atom stereocenters. The first-order valence-corrected chi connectivity index (χ1v) is 9.62. The Labute approximate surface area is 190 Å². The molecule has 2 rings (SSSR count). The highest BCUT2D eigenvalue weighted by Gasteiger charge is 2.21. The molecule has 0 aromatic heterocycles. The average molecular weight is 521 g/mol. The Kier molecular flexibility index (Phi) is 10.7. The molecule has 7 nitrogen and oxygen atoms in total. The molecule has 9 heteroatoms. The summed E-state index contributed by atoms with van der Waals surface area (Å²) in [5.41, 5.74) is 0.696. The summed E-state index contributed by atoms with van der Waals surface area (Å²) in [6.07, 6.45) is 0.408. The molecule has 0 spiro atoms. The van der Waals surface area contributed by atoms with E-state index in [1.807, 2.05) is 18.7 Å². The highest BCUT2D eigenvalue weighted by Crippen LogP contribution is 2.17. The molecule has 1 aliphatic rings. The number of ether oxygens (including phenoxy) is 1. The third-order valence-corrected chi connectivity index (χ3v) is 4.91. The van der Waals surface area contributed by atoms with E-state index in [9.17, 15) is 9.18 Å². The smallest absolute Gasteiger partial charge is 0.224 e. The van der Waals surface area contributed by atoms with E-state index in [1.54, 1.807) is 26.3 Å². The molecule has 1 aromatic rings. The van der Waals surface area contributed by atoms with Crippen molar-refractivity contribution in [3.8, 4) is 0 Å². The van der Waals surface area contributed by atoms with Gasteiger partial charge in [-0.3, -0.25) is 9.79 Å². The first-order valence-electron chi connectivity index (χ1n) is 9.62. The number of nitrogens with one attached hydrogen (secondary N) is 2. The van der Waals surface area contributed by atoms with Crippen molar-refractivity contribution in [2.45, 2.75) is 25.9 Å². The maximum atomic E-state index is 13.1. The first kappa shape index (κ1) is 25.4. The zero-order valence-corrected chi connectivity index (χ0v) is 20.0. The summed E-state index contributed by atoms with van der Waals surface area (Å²) in [4.78, 5) is 20.7. The number of carbonyl (C=O) groups is 1. The van der Waals surface area contributed by atoms with Crippen molar-refractivity contribution in [1.82, 2.24) is 15.5 Å². The highest BCUT2D eigenvalue weighted by molar-refractivity contribution is 14.0. The molecule has 1 amide bonds. The van der Waals surface area contributed by atoms with Crippen molar-refractivity contribution in [1.29, 1.82) is 0 Å². The summed E-state index contributed by atoms with van der Waals surface area (Å²) in [5, 5.41) is 6.36. The lowest BCUT2D eigenvalue weighted by atomic mass is 10.1. The normalized spacial score (nSPS) is 15.0. The second-order valence-corrected chi connectivity index (χ2v) is 7.41. The fraction of sp³-hybridized carbons (Fsp3) is 0.600. The Balaban J connectivity index is 0.00000420. The summed E-state index contributed by atoms with van der Waals surface area (Å²) in [5.74, 6) is 0.540. The van der Waals surface area contributed by atoms with Crippen LogP contribution in [0.3, 0.4) is 0 Å². The van der Waals surface area contributed by atoms with Crippen molar-refractivity contribution in [3.63, 3.8) is 0 Å². The number of hydrogen-bond donors (Lipinski definition) is 2. The number of halogens is 2. The van der Waals surface area contributed by atoms with Gasteiger partial charge in [0.05, 0.1) is 5.60 Å². The van der Waals surface area contributed by atoms with Crippen LogP contribution < -0.4 is 15.5 Å². The quantitative estimate of drug-likeness (QED) is 0.327. The van der Waals surface area contributed by atoms with Gasteiger partial charge in [0.25, 0.3) is 0 Å². The van der Waals surface area contributed by atoms with Crippen molar-refractivity contribution in [3.05, 3.63) is 30.1 Å². The Morgan fingerprint density at radius 1 is 1.17 bits per heavy atom. The molecule has 1 fully saturated rings. The second-order valence-electron chi connectivity index (χ2n) is 7.41. The number of aliphatic imine (C=N–C) groups is 1. The number of amides is 1. The molecule has 1 heterocycles. The van der Waals surface area contributed by atoms with Crippen LogP contribution in [0.15, 0.2) is 29.3 Å². The number of nitrogens with zero attached hydrogens (tertiary/aromatic N) is 3. The number of guanidine groups is 1. The van der Waals surface area contributed by atoms with Crippen LogP contribution in [0.2, 0.25) is 0 Å². The minimum Gasteiger partial charge on any atom is -0.377 e. The summed E-state index contributed by atoms with van der Waals surface area (Å²) in [6, 6.07) is 6.49. The molecule has 0 aliphatic carbocycles. The van der Waals surface area contributed by atoms with E-state index >= 15 is 0 Å². The van der Waals surface area contributed by atoms with Crippen LogP contribution in [0, 0.1) is 5.82 Å². The number of rotatable bonds is 7. The molecule has 164 valence electrons. The van der Waals surface area contributed by atoms with E-state index in [0.29, 0.717) is 38.6 Å². The van der Waals surface area contributed by atoms with Gasteiger partial charge in [-0.05, 0) is 38.1 Å². The van der Waals surface area contributed by atoms with Gasteiger partial charge in [0.1, 0.15) is 5.82 Å². The summed E-state index contributed by atoms with van der Waals surface area (Å²) in [7, 11) is 3.37. The number of carbonyl (C=O) groups excluding carboxylic acids is 1. The lowest BCUT2D eigenvalue weighted by Gasteiger charge is -2.36. The number of methoxy groups -OCH3 is 1. The van der Waals surface area contributed by atoms with Gasteiger partial charge in [-0.15, -0.1) is 24.0 Å². The van der Waals surface area contributed by atoms with E-state index in [-0.39, 0.29) is 41.3 Å². The Bertz CT molecular complexity index is 661. The summed E-state index contributed by atoms with van der Waals surface area (Å²) in [6.45, 7) is 7.95. The van der Waals surface area contributed by atoms with Gasteiger partial charge in [0.15, 0.2) is 5.96 Å². The van der Waals surface area contributed by atoms with Crippen LogP contribution in [0.5, 0.6) is 0 Å². The average Bonchev–Trinajstić information content (AvgIpc) is 2.71. The molecule has 0 radical (unpaired) electrons. The molecular formula is C20H33FIN5O2. The van der Waals surface area contributed by atoms with E-state index in [0.717, 1.165) is 18.8 Å². The lowest BCUT2D eigenvalue weighted by Crippen LogP contribution is -2.50. The SMILES string of the molecule is CN=C(NCCC(=O)N1CCN(c2ccc(F)cc2)CC1)NCC(C)(C)OC.I. The molecule has 1 aliphatic heterocycles. The standard InChI is InChI=1S/C20H32FN5O2.HI/c1-20(2,28-4)15-24-19(22-3)23-10-9-18(27)26-13-11-25(12-14-26)17-7-5-16(21)6-8-17;/h5-8H,9-15H2,1-4H3,(H2,22,23,24);1H. The Morgan fingerprint density at radius 2 is 1.79 bits per heavy atom. The number of piperazine rings is 1. The third kappa shape index (κ3) is 8.33. The van der Waals surface area contributed by atoms with Gasteiger partial charge in [-0.2, -0.15) is 0 Å². The van der Waals surface area contributed by atoms with E-state index in [2.05, 4.69) is 20.5 Å². The molecule has 1 aromatic carbocycles. The zero-order chi connectivity index (χ0) is 20.6. The fourth-order valence-electron chi connectivity index (χ4n) is 2.90. The molecule has 0 saturated carbocycles. The van der Waals surface area contributed by atoms with Crippen molar-refractivity contribution in [2.24, 2.45) is 4.99 Å². The summed E-state index contributed by atoms with van der Waals surface area (Å²) >= 11 is 0. The minimum absolute atomic E-state index is 0. The molecule has 29 heavy (non-hydrogen) atoms. The molecule has 1 saturated heterocycles. The van der Waals surface area contributed by atoms with Gasteiger partial charge >= 0.3 is 0 Å². The monoisotopic (exact) mass is 521 g/mol. The van der Waals surface area contributed by atoms with Gasteiger partial charge < -0.3 is 25.2 Å². The second kappa shape index (κ2) is 12.2. The van der Waals surface area contributed by atoms with Crippen molar-refractivity contribution < 1.29 is 13.9 Å². The molecule has 2 N–H and O–H groups in total. The number of anilines is 1. The molecule has 0 unspecified atom stereocenters. The first-order chi connectivity index (χ1) is 13.3. The van der Waals surface area contributed by atoms with Crippen LogP contribution >= 0.6 is 24.0 Å². The van der Waals surface area contributed by atoms with Crippen LogP contribution in [0.25, 0.3) is 0 Å². The predicted molar refractivity (Wildman–Crippen MR) is 126 cm³/mol. The van der Waals surface area contributed by atoms with Crippen molar-refractivity contribution in [2.75, 3.05) is 58.3 Å². The largest absolute Gasteiger partial charge is 0.377 e. The van der Waals surface area contributed by atoms with Crippen molar-refractivity contribution >= 4 is 41.5 Å². The molecule has 0 bridgehead atoms. The van der Waals surface area contributed by atoms with Crippen LogP contribution in [0.4, 0.5) is 10.1 Å². The van der Waals surface area contributed by atoms with Crippen LogP contribution in [-0.2, 0) is 9.53 Å². The number of hydrogen-bond acceptors (Lipinski definition) is 4. The highest BCUT2D eigenvalue weighted by atomic mass is 127. The Morgan fingerprint density at radius 3 is 2.34 bits per heavy atom. The van der Waals surface area contributed by atoms with Gasteiger partial charge in [-0.1, -0.05) is 0 Å². The zero-order valence-electron chi connectivity index (χ0n) is 17.7. The van der Waals surface area contributed by atoms with Crippen LogP contribution in [0.1, 0.15) is 20.3 Å². The topological polar surface area (TPSA) is 69.2 Å². The maximum Gasteiger partial charge on any atom is 0.224 e. The lowest BCUT2D eigenvalue weighted by molar-refractivity contribution is -0.131. The third-order valence-electron chi connectivity index (χ3n) is 4.91. The van der Waals surface area contributed by atoms with Gasteiger partial charge in [0.2, 0.25) is 5.91 Å². The summed E-state index contributed by atoms with van der Waals surface area (Å²) < 4.78 is 18.4. The Hall–Kier alpha value is -1.62. The molecular weight excluding hydrogens is 488 g/mol. The van der Waals surface area contributed by atoms with Gasteiger partial charge in [0, 0.05) is 65.5 Å². The van der Waals surface area contributed by atoms with E-state index in [4.69, 9.17) is 4.74 Å². The van der Waals surface area contributed by atoms with E-state index in [1.165, 1.54) is 12.1 Å². The van der Waals surface area contributed by atoms with E-state index < -0.39 is 0 Å². The number of benzene rings is 1.